The number of thioether (sulfide) groups is 1. The average molecular weight is 211 g/mol. The molecule has 0 bridgehead atoms. The summed E-state index contributed by atoms with van der Waals surface area (Å²) in [7, 11) is 0. The fourth-order valence-electron chi connectivity index (χ4n) is 1.22. The molecule has 1 aliphatic rings. The Morgan fingerprint density at radius 2 is 2.71 bits per heavy atom. The first-order valence-electron chi connectivity index (χ1n) is 4.65. The van der Waals surface area contributed by atoms with Gasteiger partial charge in [0.1, 0.15) is 12.0 Å². The number of rotatable bonds is 2. The maximum Gasteiger partial charge on any atom is 0.180 e. The van der Waals surface area contributed by atoms with E-state index in [9.17, 15) is 0 Å². The number of hydrogen-bond acceptors (Lipinski definition) is 4. The molecule has 76 valence electrons. The highest BCUT2D eigenvalue weighted by atomic mass is 32.2. The number of oxazole rings is 1. The fourth-order valence-corrected chi connectivity index (χ4v) is 2.32. The highest BCUT2D eigenvalue weighted by molar-refractivity contribution is 8.13. The molecule has 0 saturated carbocycles. The average Bonchev–Trinajstić information content (AvgIpc) is 2.67. The Morgan fingerprint density at radius 1 is 1.79 bits per heavy atom. The molecule has 1 saturated heterocycles. The zero-order chi connectivity index (χ0) is 9.80. The van der Waals surface area contributed by atoms with Crippen LogP contribution in [0.3, 0.4) is 0 Å². The van der Waals surface area contributed by atoms with Crippen molar-refractivity contribution in [1.82, 2.24) is 10.3 Å². The molecule has 1 aromatic heterocycles. The van der Waals surface area contributed by atoms with E-state index in [1.54, 1.807) is 18.0 Å². The standard InChI is InChI=1S/C9H13N3OS/c1-7-2-3-14-9(12-7)10-4-8-5-13-6-11-8/h5-7H,2-4H2,1H3,(H,10,12). The second-order valence-electron chi connectivity index (χ2n) is 3.28. The van der Waals surface area contributed by atoms with Crippen molar-refractivity contribution in [2.24, 2.45) is 4.99 Å². The van der Waals surface area contributed by atoms with Gasteiger partial charge < -0.3 is 9.73 Å². The lowest BCUT2D eigenvalue weighted by molar-refractivity contribution is 0.556. The number of nitrogens with zero attached hydrogens (tertiary/aromatic N) is 2. The SMILES string of the molecule is CC1CCSC(=NCc2cocn2)N1. The molecule has 0 spiro atoms. The van der Waals surface area contributed by atoms with Gasteiger partial charge in [-0.25, -0.2) is 4.98 Å². The summed E-state index contributed by atoms with van der Waals surface area (Å²) in [5, 5.41) is 4.35. The van der Waals surface area contributed by atoms with E-state index in [0.29, 0.717) is 12.6 Å². The fraction of sp³-hybridized carbons (Fsp3) is 0.556. The van der Waals surface area contributed by atoms with Crippen LogP contribution in [0.15, 0.2) is 22.1 Å². The third kappa shape index (κ3) is 2.51. The topological polar surface area (TPSA) is 50.4 Å². The summed E-state index contributed by atoms with van der Waals surface area (Å²) in [5.41, 5.74) is 0.873. The van der Waals surface area contributed by atoms with E-state index in [-0.39, 0.29) is 0 Å². The number of amidine groups is 1. The minimum Gasteiger partial charge on any atom is -0.451 e. The van der Waals surface area contributed by atoms with E-state index in [4.69, 9.17) is 4.42 Å². The number of aromatic nitrogens is 1. The van der Waals surface area contributed by atoms with E-state index >= 15 is 0 Å². The summed E-state index contributed by atoms with van der Waals surface area (Å²) in [6.45, 7) is 2.77. The van der Waals surface area contributed by atoms with Crippen LogP contribution in [0.4, 0.5) is 0 Å². The Kier molecular flexibility index (Phi) is 3.08. The predicted octanol–water partition coefficient (Wildman–Crippen LogP) is 1.65. The summed E-state index contributed by atoms with van der Waals surface area (Å²) in [5.74, 6) is 1.14. The third-order valence-corrected chi connectivity index (χ3v) is 2.99. The zero-order valence-electron chi connectivity index (χ0n) is 8.06. The normalized spacial score (nSPS) is 24.9. The van der Waals surface area contributed by atoms with Gasteiger partial charge in [-0.1, -0.05) is 11.8 Å². The van der Waals surface area contributed by atoms with Gasteiger partial charge in [-0.05, 0) is 13.3 Å². The van der Waals surface area contributed by atoms with Gasteiger partial charge in [-0.2, -0.15) is 0 Å². The highest BCUT2D eigenvalue weighted by Gasteiger charge is 2.12. The minimum absolute atomic E-state index is 0.535. The Morgan fingerprint density at radius 3 is 3.43 bits per heavy atom. The monoisotopic (exact) mass is 211 g/mol. The molecule has 4 nitrogen and oxygen atoms in total. The van der Waals surface area contributed by atoms with Gasteiger partial charge in [0.2, 0.25) is 0 Å². The molecule has 1 N–H and O–H groups in total. The van der Waals surface area contributed by atoms with Crippen molar-refractivity contribution in [2.75, 3.05) is 5.75 Å². The van der Waals surface area contributed by atoms with Crippen molar-refractivity contribution in [3.63, 3.8) is 0 Å². The number of aliphatic imine (C=N–C) groups is 1. The summed E-state index contributed by atoms with van der Waals surface area (Å²) in [6.07, 6.45) is 4.26. The Balaban J connectivity index is 1.91. The summed E-state index contributed by atoms with van der Waals surface area (Å²) < 4.78 is 4.87. The highest BCUT2D eigenvalue weighted by Crippen LogP contribution is 2.14. The van der Waals surface area contributed by atoms with Crippen molar-refractivity contribution >= 4 is 16.9 Å². The maximum absolute atomic E-state index is 4.87. The molecule has 2 rings (SSSR count). The molecule has 1 aliphatic heterocycles. The van der Waals surface area contributed by atoms with Gasteiger partial charge in [0.15, 0.2) is 11.6 Å². The molecule has 0 aromatic carbocycles. The Hall–Kier alpha value is -0.970. The van der Waals surface area contributed by atoms with Crippen LogP contribution in [0.2, 0.25) is 0 Å². The lowest BCUT2D eigenvalue weighted by atomic mass is 10.3. The zero-order valence-corrected chi connectivity index (χ0v) is 8.88. The van der Waals surface area contributed by atoms with Gasteiger partial charge in [-0.3, -0.25) is 4.99 Å². The first-order chi connectivity index (χ1) is 6.84. The molecule has 1 atom stereocenters. The van der Waals surface area contributed by atoms with Gasteiger partial charge in [0.05, 0.1) is 6.54 Å². The molecule has 1 unspecified atom stereocenters. The molecular formula is C9H13N3OS. The van der Waals surface area contributed by atoms with Gasteiger partial charge >= 0.3 is 0 Å². The summed E-state index contributed by atoms with van der Waals surface area (Å²) >= 11 is 1.77. The molecule has 14 heavy (non-hydrogen) atoms. The molecule has 1 aromatic rings. The van der Waals surface area contributed by atoms with Crippen LogP contribution < -0.4 is 5.32 Å². The number of nitrogens with one attached hydrogen (secondary N) is 1. The van der Waals surface area contributed by atoms with Crippen LogP contribution in [0.1, 0.15) is 19.0 Å². The minimum atomic E-state index is 0.535. The molecular weight excluding hydrogens is 198 g/mol. The van der Waals surface area contributed by atoms with E-state index in [2.05, 4.69) is 22.2 Å². The largest absolute Gasteiger partial charge is 0.451 e. The molecule has 0 amide bonds. The van der Waals surface area contributed by atoms with Crippen molar-refractivity contribution in [2.45, 2.75) is 25.9 Å². The van der Waals surface area contributed by atoms with Gasteiger partial charge in [0.25, 0.3) is 0 Å². The lowest BCUT2D eigenvalue weighted by Gasteiger charge is -2.21. The van der Waals surface area contributed by atoms with Crippen molar-refractivity contribution < 1.29 is 4.42 Å². The summed E-state index contributed by atoms with van der Waals surface area (Å²) in [6, 6.07) is 0.535. The summed E-state index contributed by atoms with van der Waals surface area (Å²) in [4.78, 5) is 8.43. The molecule has 2 heterocycles. The van der Waals surface area contributed by atoms with Crippen LogP contribution in [0, 0.1) is 0 Å². The Bertz CT molecular complexity index is 310. The Labute approximate surface area is 87.2 Å². The van der Waals surface area contributed by atoms with E-state index < -0.39 is 0 Å². The first-order valence-corrected chi connectivity index (χ1v) is 5.64. The maximum atomic E-state index is 4.87. The van der Waals surface area contributed by atoms with Gasteiger partial charge in [0, 0.05) is 11.8 Å². The lowest BCUT2D eigenvalue weighted by Crippen LogP contribution is -2.35. The van der Waals surface area contributed by atoms with Crippen molar-refractivity contribution in [1.29, 1.82) is 0 Å². The van der Waals surface area contributed by atoms with Crippen LogP contribution >= 0.6 is 11.8 Å². The molecule has 1 fully saturated rings. The van der Waals surface area contributed by atoms with Crippen molar-refractivity contribution in [3.05, 3.63) is 18.4 Å². The van der Waals surface area contributed by atoms with E-state index in [1.165, 1.54) is 12.8 Å². The smallest absolute Gasteiger partial charge is 0.180 e. The second kappa shape index (κ2) is 4.50. The van der Waals surface area contributed by atoms with Crippen LogP contribution in [0.25, 0.3) is 0 Å². The molecule has 5 heteroatoms. The van der Waals surface area contributed by atoms with Gasteiger partial charge in [-0.15, -0.1) is 0 Å². The van der Waals surface area contributed by atoms with E-state index in [0.717, 1.165) is 16.6 Å². The van der Waals surface area contributed by atoms with Crippen LogP contribution in [0.5, 0.6) is 0 Å². The molecule has 0 aliphatic carbocycles. The predicted molar refractivity (Wildman–Crippen MR) is 57.3 cm³/mol. The first kappa shape index (κ1) is 9.58. The molecule has 0 radical (unpaired) electrons. The second-order valence-corrected chi connectivity index (χ2v) is 4.37. The van der Waals surface area contributed by atoms with Crippen molar-refractivity contribution in [3.8, 4) is 0 Å². The number of hydrogen-bond donors (Lipinski definition) is 1. The van der Waals surface area contributed by atoms with Crippen LogP contribution in [-0.4, -0.2) is 21.9 Å². The van der Waals surface area contributed by atoms with Crippen LogP contribution in [-0.2, 0) is 6.54 Å². The quantitative estimate of drug-likeness (QED) is 0.808. The third-order valence-electron chi connectivity index (χ3n) is 2.03. The van der Waals surface area contributed by atoms with E-state index in [1.807, 2.05) is 0 Å².